The Balaban J connectivity index is 2.19. The summed E-state index contributed by atoms with van der Waals surface area (Å²) in [4.78, 5) is 2.50. The van der Waals surface area contributed by atoms with Crippen molar-refractivity contribution in [1.82, 2.24) is 10.2 Å². The van der Waals surface area contributed by atoms with Gasteiger partial charge in [0.2, 0.25) is 0 Å². The Morgan fingerprint density at radius 2 is 1.89 bits per heavy atom. The lowest BCUT2D eigenvalue weighted by molar-refractivity contribution is -0.0682. The molecule has 1 fully saturated rings. The molecule has 0 saturated carbocycles. The van der Waals surface area contributed by atoms with Crippen molar-refractivity contribution < 1.29 is 9.84 Å². The van der Waals surface area contributed by atoms with Crippen molar-refractivity contribution in [3.8, 4) is 0 Å². The van der Waals surface area contributed by atoms with Crippen LogP contribution in [0.25, 0.3) is 0 Å². The van der Waals surface area contributed by atoms with Gasteiger partial charge in [0.25, 0.3) is 0 Å². The van der Waals surface area contributed by atoms with E-state index in [1.165, 1.54) is 6.42 Å². The van der Waals surface area contributed by atoms with Gasteiger partial charge in [-0.05, 0) is 46.7 Å². The Kier molecular flexibility index (Phi) is 7.29. The van der Waals surface area contributed by atoms with Crippen LogP contribution in [0.5, 0.6) is 0 Å². The van der Waals surface area contributed by atoms with Gasteiger partial charge in [-0.15, -0.1) is 0 Å². The van der Waals surface area contributed by atoms with Gasteiger partial charge in [0, 0.05) is 18.6 Å². The van der Waals surface area contributed by atoms with E-state index in [0.717, 1.165) is 39.0 Å². The molecule has 0 aromatic rings. The lowest BCUT2D eigenvalue weighted by atomic mass is 9.95. The highest BCUT2D eigenvalue weighted by Crippen LogP contribution is 2.15. The quantitative estimate of drug-likeness (QED) is 0.659. The van der Waals surface area contributed by atoms with Gasteiger partial charge in [0.15, 0.2) is 0 Å². The maximum atomic E-state index is 9.44. The second-order valence-corrected chi connectivity index (χ2v) is 6.22. The summed E-state index contributed by atoms with van der Waals surface area (Å²) in [5.74, 6) is 0. The number of nitrogens with one attached hydrogen (secondary N) is 1. The minimum atomic E-state index is -0.111. The van der Waals surface area contributed by atoms with Crippen molar-refractivity contribution in [3.05, 3.63) is 0 Å². The Labute approximate surface area is 118 Å². The molecule has 1 unspecified atom stereocenters. The smallest absolute Gasteiger partial charge is 0.0678 e. The fraction of sp³-hybridized carbons (Fsp3) is 1.00. The number of aliphatic hydroxyl groups excluding tert-OH is 1. The van der Waals surface area contributed by atoms with E-state index in [0.29, 0.717) is 12.2 Å². The molecule has 0 spiro atoms. The SMILES string of the molecule is CCNC(C)(CO)CCCCN1C[C@@H](C)O[C@@H](C)C1. The first kappa shape index (κ1) is 16.9. The minimum Gasteiger partial charge on any atom is -0.394 e. The Bertz CT molecular complexity index is 240. The molecule has 1 rings (SSSR count). The van der Waals surface area contributed by atoms with E-state index in [4.69, 9.17) is 4.74 Å². The standard InChI is InChI=1S/C15H32N2O2/c1-5-16-15(4,12-18)8-6-7-9-17-10-13(2)19-14(3)11-17/h13-14,16,18H,5-12H2,1-4H3/t13-,14+,15?. The van der Waals surface area contributed by atoms with Gasteiger partial charge in [0.05, 0.1) is 18.8 Å². The molecule has 0 aromatic carbocycles. The monoisotopic (exact) mass is 272 g/mol. The van der Waals surface area contributed by atoms with Crippen molar-refractivity contribution >= 4 is 0 Å². The number of aliphatic hydroxyl groups is 1. The van der Waals surface area contributed by atoms with Gasteiger partial charge >= 0.3 is 0 Å². The molecule has 2 N–H and O–H groups in total. The summed E-state index contributed by atoms with van der Waals surface area (Å²) >= 11 is 0. The number of ether oxygens (including phenoxy) is 1. The second-order valence-electron chi connectivity index (χ2n) is 6.22. The van der Waals surface area contributed by atoms with E-state index >= 15 is 0 Å². The van der Waals surface area contributed by atoms with Gasteiger partial charge in [-0.25, -0.2) is 0 Å². The van der Waals surface area contributed by atoms with Crippen LogP contribution >= 0.6 is 0 Å². The van der Waals surface area contributed by atoms with E-state index in [1.807, 2.05) is 0 Å². The van der Waals surface area contributed by atoms with Gasteiger partial charge in [0.1, 0.15) is 0 Å². The summed E-state index contributed by atoms with van der Waals surface area (Å²) in [6, 6.07) is 0. The number of rotatable bonds is 8. The fourth-order valence-corrected chi connectivity index (χ4v) is 2.97. The zero-order valence-electron chi connectivity index (χ0n) is 13.1. The Hall–Kier alpha value is -0.160. The van der Waals surface area contributed by atoms with Crippen LogP contribution in [-0.4, -0.2) is 60.5 Å². The third-order valence-electron chi connectivity index (χ3n) is 3.90. The normalized spacial score (nSPS) is 28.3. The molecule has 0 amide bonds. The molecular weight excluding hydrogens is 240 g/mol. The predicted octanol–water partition coefficient (Wildman–Crippen LogP) is 1.63. The molecule has 0 radical (unpaired) electrons. The average Bonchev–Trinajstić information content (AvgIpc) is 2.34. The van der Waals surface area contributed by atoms with Crippen LogP contribution in [0, 0.1) is 0 Å². The topological polar surface area (TPSA) is 44.7 Å². The molecule has 1 heterocycles. The summed E-state index contributed by atoms with van der Waals surface area (Å²) < 4.78 is 5.74. The predicted molar refractivity (Wildman–Crippen MR) is 79.5 cm³/mol. The van der Waals surface area contributed by atoms with E-state index in [9.17, 15) is 5.11 Å². The van der Waals surface area contributed by atoms with E-state index in [2.05, 4.69) is 37.9 Å². The van der Waals surface area contributed by atoms with Crippen LogP contribution in [0.2, 0.25) is 0 Å². The molecule has 3 atom stereocenters. The number of likely N-dealkylation sites (N-methyl/N-ethyl adjacent to an activating group) is 1. The Morgan fingerprint density at radius 3 is 2.42 bits per heavy atom. The number of morpholine rings is 1. The van der Waals surface area contributed by atoms with Crippen molar-refractivity contribution in [1.29, 1.82) is 0 Å². The van der Waals surface area contributed by atoms with E-state index in [1.54, 1.807) is 0 Å². The highest BCUT2D eigenvalue weighted by Gasteiger charge is 2.23. The Morgan fingerprint density at radius 1 is 1.26 bits per heavy atom. The molecule has 1 aliphatic rings. The molecule has 0 aromatic heterocycles. The second kappa shape index (κ2) is 8.20. The van der Waals surface area contributed by atoms with E-state index < -0.39 is 0 Å². The third-order valence-corrected chi connectivity index (χ3v) is 3.90. The summed E-state index contributed by atoms with van der Waals surface area (Å²) in [7, 11) is 0. The van der Waals surface area contributed by atoms with Gasteiger partial charge in [-0.3, -0.25) is 4.90 Å². The summed E-state index contributed by atoms with van der Waals surface area (Å²) in [6.45, 7) is 12.9. The number of unbranched alkanes of at least 4 members (excludes halogenated alkanes) is 1. The van der Waals surface area contributed by atoms with Crippen LogP contribution < -0.4 is 5.32 Å². The maximum Gasteiger partial charge on any atom is 0.0678 e. The molecule has 1 saturated heterocycles. The molecule has 4 nitrogen and oxygen atoms in total. The first-order valence-corrected chi connectivity index (χ1v) is 7.73. The lowest BCUT2D eigenvalue weighted by Gasteiger charge is -2.35. The first-order chi connectivity index (χ1) is 8.99. The van der Waals surface area contributed by atoms with Gasteiger partial charge in [-0.2, -0.15) is 0 Å². The van der Waals surface area contributed by atoms with Crippen LogP contribution in [-0.2, 0) is 4.74 Å². The number of hydrogen-bond donors (Lipinski definition) is 2. The molecule has 4 heteroatoms. The largest absolute Gasteiger partial charge is 0.394 e. The summed E-state index contributed by atoms with van der Waals surface area (Å²) in [5, 5.41) is 12.8. The third kappa shape index (κ3) is 6.21. The van der Waals surface area contributed by atoms with Crippen LogP contribution in [0.4, 0.5) is 0 Å². The summed E-state index contributed by atoms with van der Waals surface area (Å²) in [5.41, 5.74) is -0.111. The first-order valence-electron chi connectivity index (χ1n) is 7.73. The van der Waals surface area contributed by atoms with Crippen molar-refractivity contribution in [2.24, 2.45) is 0 Å². The molecule has 0 bridgehead atoms. The van der Waals surface area contributed by atoms with Gasteiger partial charge in [-0.1, -0.05) is 13.3 Å². The van der Waals surface area contributed by atoms with Crippen molar-refractivity contribution in [2.45, 2.75) is 64.7 Å². The van der Waals surface area contributed by atoms with Crippen LogP contribution in [0.1, 0.15) is 47.0 Å². The minimum absolute atomic E-state index is 0.111. The maximum absolute atomic E-state index is 9.44. The van der Waals surface area contributed by atoms with Crippen LogP contribution in [0.3, 0.4) is 0 Å². The highest BCUT2D eigenvalue weighted by molar-refractivity contribution is 4.82. The molecule has 0 aliphatic carbocycles. The van der Waals surface area contributed by atoms with Crippen molar-refractivity contribution in [2.75, 3.05) is 32.8 Å². The molecular formula is C15H32N2O2. The highest BCUT2D eigenvalue weighted by atomic mass is 16.5. The summed E-state index contributed by atoms with van der Waals surface area (Å²) in [6.07, 6.45) is 4.10. The van der Waals surface area contributed by atoms with Crippen LogP contribution in [0.15, 0.2) is 0 Å². The zero-order valence-corrected chi connectivity index (χ0v) is 13.1. The molecule has 114 valence electrons. The van der Waals surface area contributed by atoms with E-state index in [-0.39, 0.29) is 12.1 Å². The number of nitrogens with zero attached hydrogens (tertiary/aromatic N) is 1. The number of hydrogen-bond acceptors (Lipinski definition) is 4. The average molecular weight is 272 g/mol. The van der Waals surface area contributed by atoms with Gasteiger partial charge < -0.3 is 15.2 Å². The molecule has 1 aliphatic heterocycles. The fourth-order valence-electron chi connectivity index (χ4n) is 2.97. The zero-order chi connectivity index (χ0) is 14.3. The van der Waals surface area contributed by atoms with Crippen molar-refractivity contribution in [3.63, 3.8) is 0 Å². The lowest BCUT2D eigenvalue weighted by Crippen LogP contribution is -2.46. The molecule has 19 heavy (non-hydrogen) atoms.